The molecule has 0 saturated carbocycles. The highest BCUT2D eigenvalue weighted by molar-refractivity contribution is 7.80. The van der Waals surface area contributed by atoms with Crippen molar-refractivity contribution >= 4 is 78.5 Å². The van der Waals surface area contributed by atoms with Crippen LogP contribution in [0, 0.1) is 5.92 Å². The molecule has 0 aromatic heterocycles. The van der Waals surface area contributed by atoms with E-state index in [9.17, 15) is 63.6 Å². The normalized spacial score (nSPS) is 15.4. The first-order chi connectivity index (χ1) is 29.6. The zero-order chi connectivity index (χ0) is 48.0. The summed E-state index contributed by atoms with van der Waals surface area (Å²) in [6.45, 7) is 3.64. The van der Waals surface area contributed by atoms with Crippen molar-refractivity contribution in [3.8, 4) is 5.75 Å². The average Bonchev–Trinajstić information content (AvgIpc) is 3.22. The van der Waals surface area contributed by atoms with Crippen LogP contribution in [0.1, 0.15) is 58.4 Å². The number of benzene rings is 1. The highest BCUT2D eigenvalue weighted by atomic mass is 32.1. The van der Waals surface area contributed by atoms with Gasteiger partial charge in [-0.2, -0.15) is 25.3 Å². The molecule has 1 rings (SSSR count). The fourth-order valence-electron chi connectivity index (χ4n) is 5.65. The van der Waals surface area contributed by atoms with Crippen molar-refractivity contribution in [2.45, 2.75) is 114 Å². The quantitative estimate of drug-likeness (QED) is 0.0264. The van der Waals surface area contributed by atoms with Crippen LogP contribution in [0.25, 0.3) is 0 Å². The zero-order valence-electron chi connectivity index (χ0n) is 35.2. The summed E-state index contributed by atoms with van der Waals surface area (Å²) in [6, 6.07) is -6.24. The molecule has 0 aliphatic rings. The van der Waals surface area contributed by atoms with Gasteiger partial charge >= 0.3 is 5.97 Å². The van der Waals surface area contributed by atoms with E-state index < -0.39 is 133 Å². The lowest BCUT2D eigenvalue weighted by Crippen LogP contribution is -2.62. The van der Waals surface area contributed by atoms with Crippen LogP contribution in [-0.4, -0.2) is 153 Å². The summed E-state index contributed by atoms with van der Waals surface area (Å²) in [5, 5.41) is 56.4. The standard InChI is InChI=1S/C38H62N10O13S2/c1-18(2)29(36(58)46-27(17-63)38(60)61)47-32(54)23(6-4-5-13-39)43-37(59)30(19(3)50)48-33(55)24(11-12-28(41)52)42-34(56)25(14-20-7-9-21(51)10-8-20)44-35(57)26(15-49)45-31(53)22(40)16-62/h7-10,18-19,22-27,29-30,49-51,62-63H,4-6,11-17,39-40H2,1-3H3,(H2,41,52)(H,42,56)(H,43,59)(H,44,57)(H,45,53)(H,46,58)(H,47,54)(H,48,55)(H,60,61). The third-order valence-electron chi connectivity index (χ3n) is 9.36. The predicted octanol–water partition coefficient (Wildman–Crippen LogP) is -4.98. The van der Waals surface area contributed by atoms with Gasteiger partial charge in [-0.3, -0.25) is 38.4 Å². The van der Waals surface area contributed by atoms with Gasteiger partial charge in [0, 0.05) is 24.3 Å². The molecule has 17 N–H and O–H groups in total. The first-order valence-electron chi connectivity index (χ1n) is 20.0. The number of amides is 8. The van der Waals surface area contributed by atoms with E-state index in [1.165, 1.54) is 24.3 Å². The lowest BCUT2D eigenvalue weighted by atomic mass is 10.0. The third kappa shape index (κ3) is 19.8. The van der Waals surface area contributed by atoms with E-state index in [2.05, 4.69) is 62.5 Å². The van der Waals surface area contributed by atoms with Crippen LogP contribution >= 0.6 is 25.3 Å². The van der Waals surface area contributed by atoms with Gasteiger partial charge in [0.1, 0.15) is 48.0 Å². The number of primary amides is 1. The summed E-state index contributed by atoms with van der Waals surface area (Å²) >= 11 is 7.87. The van der Waals surface area contributed by atoms with Gasteiger partial charge in [-0.25, -0.2) is 4.79 Å². The molecule has 0 heterocycles. The van der Waals surface area contributed by atoms with Crippen molar-refractivity contribution < 1.29 is 63.6 Å². The van der Waals surface area contributed by atoms with E-state index in [0.717, 1.165) is 6.92 Å². The molecule has 0 saturated heterocycles. The molecule has 0 aliphatic carbocycles. The predicted molar refractivity (Wildman–Crippen MR) is 234 cm³/mol. The Labute approximate surface area is 375 Å². The number of thiol groups is 2. The summed E-state index contributed by atoms with van der Waals surface area (Å²) in [4.78, 5) is 117. The van der Waals surface area contributed by atoms with Crippen LogP contribution in [0.4, 0.5) is 0 Å². The number of unbranched alkanes of at least 4 members (excludes halogenated alkanes) is 1. The fraction of sp³-hybridized carbons (Fsp3) is 0.605. The van der Waals surface area contributed by atoms with Gasteiger partial charge in [0.15, 0.2) is 0 Å². The molecule has 0 fully saturated rings. The van der Waals surface area contributed by atoms with Crippen molar-refractivity contribution in [1.29, 1.82) is 0 Å². The molecule has 0 aliphatic heterocycles. The van der Waals surface area contributed by atoms with Crippen molar-refractivity contribution in [3.05, 3.63) is 29.8 Å². The number of nitrogens with two attached hydrogens (primary N) is 3. The van der Waals surface area contributed by atoms with Crippen molar-refractivity contribution in [2.75, 3.05) is 24.7 Å². The number of carboxylic acids is 1. The molecule has 25 heteroatoms. The SMILES string of the molecule is CC(C)C(NC(=O)C(CCCCN)NC(=O)C(NC(=O)C(CCC(N)=O)NC(=O)C(Cc1ccc(O)cc1)NC(=O)C(CO)NC(=O)C(N)CS)C(C)O)C(=O)NC(CS)C(=O)O. The molecule has 1 aromatic rings. The smallest absolute Gasteiger partial charge is 0.327 e. The number of phenolic OH excluding ortho intramolecular Hbond substituents is 1. The Bertz CT molecular complexity index is 1720. The largest absolute Gasteiger partial charge is 0.508 e. The molecular weight excluding hydrogens is 869 g/mol. The topological polar surface area (TPSA) is 397 Å². The van der Waals surface area contributed by atoms with Gasteiger partial charge in [0.25, 0.3) is 0 Å². The van der Waals surface area contributed by atoms with E-state index in [4.69, 9.17) is 17.2 Å². The Hall–Kier alpha value is -5.21. The minimum atomic E-state index is -1.80. The number of rotatable bonds is 29. The van der Waals surface area contributed by atoms with Gasteiger partial charge in [-0.15, -0.1) is 0 Å². The number of carboxylic acid groups (broad SMARTS) is 1. The third-order valence-corrected chi connectivity index (χ3v) is 10.1. The van der Waals surface area contributed by atoms with Crippen LogP contribution < -0.4 is 54.4 Å². The van der Waals surface area contributed by atoms with E-state index in [1.807, 2.05) is 0 Å². The number of phenols is 1. The van der Waals surface area contributed by atoms with Gasteiger partial charge in [-0.1, -0.05) is 26.0 Å². The number of aliphatic hydroxyl groups is 2. The number of carbonyl (C=O) groups excluding carboxylic acids is 8. The van der Waals surface area contributed by atoms with Crippen molar-refractivity contribution in [3.63, 3.8) is 0 Å². The molecule has 0 bridgehead atoms. The number of carbonyl (C=O) groups is 9. The second-order valence-electron chi connectivity index (χ2n) is 14.9. The fourth-order valence-corrected chi connectivity index (χ4v) is 6.06. The van der Waals surface area contributed by atoms with Crippen molar-refractivity contribution in [2.24, 2.45) is 23.1 Å². The van der Waals surface area contributed by atoms with Crippen LogP contribution in [-0.2, 0) is 49.6 Å². The molecule has 354 valence electrons. The molecule has 23 nitrogen and oxygen atoms in total. The number of aromatic hydroxyl groups is 1. The molecule has 1 aromatic carbocycles. The van der Waals surface area contributed by atoms with E-state index in [-0.39, 0.29) is 36.6 Å². The number of aliphatic carboxylic acids is 1. The maximum Gasteiger partial charge on any atom is 0.327 e. The minimum absolute atomic E-state index is 0.0235. The zero-order valence-corrected chi connectivity index (χ0v) is 37.0. The number of hydrogen-bond donors (Lipinski definition) is 16. The lowest BCUT2D eigenvalue weighted by molar-refractivity contribution is -0.142. The number of aliphatic hydroxyl groups excluding tert-OH is 2. The first-order valence-corrected chi connectivity index (χ1v) is 21.2. The maximum atomic E-state index is 13.9. The number of hydrogen-bond acceptors (Lipinski definition) is 16. The molecule has 0 spiro atoms. The average molecular weight is 931 g/mol. The molecule has 8 amide bonds. The Kier molecular flexibility index (Phi) is 25.2. The summed E-state index contributed by atoms with van der Waals surface area (Å²) in [7, 11) is 0. The van der Waals surface area contributed by atoms with Gasteiger partial charge in [-0.05, 0) is 62.8 Å². The summed E-state index contributed by atoms with van der Waals surface area (Å²) < 4.78 is 0. The van der Waals surface area contributed by atoms with Crippen LogP contribution in [0.15, 0.2) is 24.3 Å². The molecule has 9 unspecified atom stereocenters. The first kappa shape index (κ1) is 55.8. The lowest BCUT2D eigenvalue weighted by Gasteiger charge is -2.29. The van der Waals surface area contributed by atoms with Crippen LogP contribution in [0.2, 0.25) is 0 Å². The second-order valence-corrected chi connectivity index (χ2v) is 15.6. The van der Waals surface area contributed by atoms with Crippen LogP contribution in [0.3, 0.4) is 0 Å². The van der Waals surface area contributed by atoms with Gasteiger partial charge < -0.3 is 74.8 Å². The Morgan fingerprint density at radius 1 is 0.635 bits per heavy atom. The molecule has 9 atom stereocenters. The number of nitrogens with one attached hydrogen (secondary N) is 7. The highest BCUT2D eigenvalue weighted by Gasteiger charge is 2.36. The summed E-state index contributed by atoms with van der Waals surface area (Å²) in [5.74, 6) is -10.0. The van der Waals surface area contributed by atoms with Crippen molar-refractivity contribution in [1.82, 2.24) is 37.2 Å². The van der Waals surface area contributed by atoms with Gasteiger partial charge in [0.05, 0.1) is 18.8 Å². The molecular formula is C38H62N10O13S2. The maximum absolute atomic E-state index is 13.9. The molecule has 0 radical (unpaired) electrons. The minimum Gasteiger partial charge on any atom is -0.508 e. The van der Waals surface area contributed by atoms with Gasteiger partial charge in [0.2, 0.25) is 47.3 Å². The highest BCUT2D eigenvalue weighted by Crippen LogP contribution is 2.13. The Morgan fingerprint density at radius 3 is 1.60 bits per heavy atom. The van der Waals surface area contributed by atoms with E-state index in [1.54, 1.807) is 13.8 Å². The summed E-state index contributed by atoms with van der Waals surface area (Å²) in [5.41, 5.74) is 17.0. The van der Waals surface area contributed by atoms with E-state index >= 15 is 0 Å². The Balaban J connectivity index is 3.45. The monoisotopic (exact) mass is 930 g/mol. The summed E-state index contributed by atoms with van der Waals surface area (Å²) in [6.07, 6.45) is -2.14. The van der Waals surface area contributed by atoms with E-state index in [0.29, 0.717) is 18.4 Å². The Morgan fingerprint density at radius 2 is 1.11 bits per heavy atom. The molecule has 63 heavy (non-hydrogen) atoms. The second kappa shape index (κ2) is 28.5. The van der Waals surface area contributed by atoms with Crippen LogP contribution in [0.5, 0.6) is 5.75 Å².